The number of benzene rings is 2. The molecule has 86 valence electrons. The number of aromatic amines is 1. The van der Waals surface area contributed by atoms with Gasteiger partial charge >= 0.3 is 0 Å². The molecule has 0 unspecified atom stereocenters. The smallest absolute Gasteiger partial charge is 0.0992 e. The monoisotopic (exact) mass is 296 g/mol. The van der Waals surface area contributed by atoms with Gasteiger partial charge in [-0.25, -0.2) is 0 Å². The SMILES string of the molecule is N#Cc1ccc2cc(-c3ccc(Br)cc3)[nH]c2c1. The molecule has 1 heterocycles. The quantitative estimate of drug-likeness (QED) is 0.707. The van der Waals surface area contributed by atoms with Gasteiger partial charge in [-0.15, -0.1) is 0 Å². The minimum Gasteiger partial charge on any atom is -0.354 e. The molecule has 0 aliphatic heterocycles. The van der Waals surface area contributed by atoms with E-state index in [0.717, 1.165) is 26.6 Å². The second kappa shape index (κ2) is 4.32. The van der Waals surface area contributed by atoms with Crippen LogP contribution in [0, 0.1) is 11.3 Å². The van der Waals surface area contributed by atoms with E-state index in [2.05, 4.69) is 45.2 Å². The molecule has 0 aliphatic rings. The van der Waals surface area contributed by atoms with Crippen molar-refractivity contribution in [1.29, 1.82) is 5.26 Å². The van der Waals surface area contributed by atoms with Crippen molar-refractivity contribution in [1.82, 2.24) is 4.98 Å². The van der Waals surface area contributed by atoms with E-state index >= 15 is 0 Å². The van der Waals surface area contributed by atoms with Gasteiger partial charge in [-0.05, 0) is 35.9 Å². The van der Waals surface area contributed by atoms with E-state index in [0.29, 0.717) is 5.56 Å². The molecule has 3 heteroatoms. The third-order valence-electron chi connectivity index (χ3n) is 2.91. The lowest BCUT2D eigenvalue weighted by Crippen LogP contribution is -1.76. The maximum atomic E-state index is 8.88. The molecule has 0 amide bonds. The van der Waals surface area contributed by atoms with Gasteiger partial charge in [-0.3, -0.25) is 0 Å². The Morgan fingerprint density at radius 3 is 2.50 bits per heavy atom. The zero-order valence-corrected chi connectivity index (χ0v) is 11.0. The van der Waals surface area contributed by atoms with Crippen molar-refractivity contribution in [2.45, 2.75) is 0 Å². The first-order chi connectivity index (χ1) is 8.76. The molecule has 0 bridgehead atoms. The van der Waals surface area contributed by atoms with Gasteiger partial charge in [0.25, 0.3) is 0 Å². The number of H-pyrrole nitrogens is 1. The third kappa shape index (κ3) is 1.92. The highest BCUT2D eigenvalue weighted by molar-refractivity contribution is 9.10. The van der Waals surface area contributed by atoms with E-state index in [1.54, 1.807) is 0 Å². The van der Waals surface area contributed by atoms with Gasteiger partial charge in [0.05, 0.1) is 11.6 Å². The topological polar surface area (TPSA) is 39.6 Å². The molecule has 0 radical (unpaired) electrons. The summed E-state index contributed by atoms with van der Waals surface area (Å²) in [6.45, 7) is 0. The van der Waals surface area contributed by atoms with Crippen molar-refractivity contribution < 1.29 is 0 Å². The van der Waals surface area contributed by atoms with Crippen LogP contribution < -0.4 is 0 Å². The Morgan fingerprint density at radius 1 is 1.00 bits per heavy atom. The Hall–Kier alpha value is -2.05. The van der Waals surface area contributed by atoms with E-state index in [1.807, 2.05) is 30.3 Å². The van der Waals surface area contributed by atoms with Crippen molar-refractivity contribution in [2.75, 3.05) is 0 Å². The summed E-state index contributed by atoms with van der Waals surface area (Å²) < 4.78 is 1.06. The number of rotatable bonds is 1. The van der Waals surface area contributed by atoms with Crippen molar-refractivity contribution >= 4 is 26.8 Å². The molecule has 0 aliphatic carbocycles. The van der Waals surface area contributed by atoms with Crippen LogP contribution in [0.1, 0.15) is 5.56 Å². The van der Waals surface area contributed by atoms with E-state index in [9.17, 15) is 0 Å². The molecule has 18 heavy (non-hydrogen) atoms. The summed E-state index contributed by atoms with van der Waals surface area (Å²) in [5.74, 6) is 0. The molecule has 3 aromatic rings. The van der Waals surface area contributed by atoms with E-state index in [1.165, 1.54) is 0 Å². The Bertz CT molecular complexity index is 748. The summed E-state index contributed by atoms with van der Waals surface area (Å²) in [5.41, 5.74) is 3.86. The average Bonchev–Trinajstić information content (AvgIpc) is 2.82. The highest BCUT2D eigenvalue weighted by atomic mass is 79.9. The number of halogens is 1. The Kier molecular flexibility index (Phi) is 2.66. The van der Waals surface area contributed by atoms with Gasteiger partial charge in [-0.2, -0.15) is 5.26 Å². The summed E-state index contributed by atoms with van der Waals surface area (Å²) in [7, 11) is 0. The molecule has 0 spiro atoms. The molecule has 1 aromatic heterocycles. The second-order valence-electron chi connectivity index (χ2n) is 4.10. The summed E-state index contributed by atoms with van der Waals surface area (Å²) in [5, 5.41) is 10.00. The van der Waals surface area contributed by atoms with Crippen LogP contribution in [0.3, 0.4) is 0 Å². The van der Waals surface area contributed by atoms with Crippen LogP contribution in [0.4, 0.5) is 0 Å². The minimum absolute atomic E-state index is 0.673. The molecule has 2 aromatic carbocycles. The first kappa shape index (κ1) is 11.1. The number of hydrogen-bond donors (Lipinski definition) is 1. The molecule has 2 nitrogen and oxygen atoms in total. The normalized spacial score (nSPS) is 10.4. The molecule has 0 atom stereocenters. The van der Waals surface area contributed by atoms with E-state index in [4.69, 9.17) is 5.26 Å². The molecule has 3 rings (SSSR count). The maximum Gasteiger partial charge on any atom is 0.0992 e. The van der Waals surface area contributed by atoms with Gasteiger partial charge < -0.3 is 4.98 Å². The number of hydrogen-bond acceptors (Lipinski definition) is 1. The predicted molar refractivity (Wildman–Crippen MR) is 76.1 cm³/mol. The zero-order valence-electron chi connectivity index (χ0n) is 9.44. The van der Waals surface area contributed by atoms with Crippen LogP contribution in [0.15, 0.2) is 53.0 Å². The number of nitrogens with one attached hydrogen (secondary N) is 1. The van der Waals surface area contributed by atoms with Crippen molar-refractivity contribution in [3.05, 3.63) is 58.6 Å². The fourth-order valence-corrected chi connectivity index (χ4v) is 2.25. The van der Waals surface area contributed by atoms with Crippen molar-refractivity contribution in [2.24, 2.45) is 0 Å². The highest BCUT2D eigenvalue weighted by Crippen LogP contribution is 2.25. The zero-order chi connectivity index (χ0) is 12.5. The largest absolute Gasteiger partial charge is 0.354 e. The summed E-state index contributed by atoms with van der Waals surface area (Å²) in [6.07, 6.45) is 0. The Morgan fingerprint density at radius 2 is 1.78 bits per heavy atom. The van der Waals surface area contributed by atoms with Gasteiger partial charge in [-0.1, -0.05) is 34.1 Å². The maximum absolute atomic E-state index is 8.88. The fourth-order valence-electron chi connectivity index (χ4n) is 1.98. The predicted octanol–water partition coefficient (Wildman–Crippen LogP) is 4.47. The molecule has 0 fully saturated rings. The van der Waals surface area contributed by atoms with Crippen LogP contribution in [0.2, 0.25) is 0 Å². The van der Waals surface area contributed by atoms with Gasteiger partial charge in [0.2, 0.25) is 0 Å². The number of nitrogens with zero attached hydrogens (tertiary/aromatic N) is 1. The van der Waals surface area contributed by atoms with E-state index in [-0.39, 0.29) is 0 Å². The Balaban J connectivity index is 2.13. The molecule has 0 saturated carbocycles. The summed E-state index contributed by atoms with van der Waals surface area (Å²) >= 11 is 3.43. The van der Waals surface area contributed by atoms with Gasteiger partial charge in [0.15, 0.2) is 0 Å². The first-order valence-corrected chi connectivity index (χ1v) is 6.34. The minimum atomic E-state index is 0.673. The van der Waals surface area contributed by atoms with Gasteiger partial charge in [0, 0.05) is 21.1 Å². The van der Waals surface area contributed by atoms with Crippen LogP contribution in [0.5, 0.6) is 0 Å². The average molecular weight is 297 g/mol. The van der Waals surface area contributed by atoms with Crippen LogP contribution in [-0.4, -0.2) is 4.98 Å². The van der Waals surface area contributed by atoms with Crippen LogP contribution in [0.25, 0.3) is 22.2 Å². The van der Waals surface area contributed by atoms with Gasteiger partial charge in [0.1, 0.15) is 0 Å². The molecular formula is C15H9BrN2. The Labute approximate surface area is 113 Å². The standard InChI is InChI=1S/C15H9BrN2/c16-13-5-3-11(4-6-13)15-8-12-2-1-10(9-17)7-14(12)18-15/h1-8,18H. The summed E-state index contributed by atoms with van der Waals surface area (Å²) in [4.78, 5) is 3.34. The van der Waals surface area contributed by atoms with Crippen LogP contribution >= 0.6 is 15.9 Å². The number of aromatic nitrogens is 1. The lowest BCUT2D eigenvalue weighted by Gasteiger charge is -1.97. The fraction of sp³-hybridized carbons (Fsp3) is 0. The van der Waals surface area contributed by atoms with Crippen LogP contribution in [-0.2, 0) is 0 Å². The number of fused-ring (bicyclic) bond motifs is 1. The summed E-state index contributed by atoms with van der Waals surface area (Å²) in [6, 6.07) is 18.1. The molecular weight excluding hydrogens is 288 g/mol. The van der Waals surface area contributed by atoms with E-state index < -0.39 is 0 Å². The lowest BCUT2D eigenvalue weighted by molar-refractivity contribution is 1.44. The van der Waals surface area contributed by atoms with Crippen molar-refractivity contribution in [3.63, 3.8) is 0 Å². The highest BCUT2D eigenvalue weighted by Gasteiger charge is 2.04. The number of nitriles is 1. The molecule has 0 saturated heterocycles. The third-order valence-corrected chi connectivity index (χ3v) is 3.44. The van der Waals surface area contributed by atoms with Crippen molar-refractivity contribution in [3.8, 4) is 17.3 Å². The molecule has 1 N–H and O–H groups in total. The second-order valence-corrected chi connectivity index (χ2v) is 5.02. The lowest BCUT2D eigenvalue weighted by atomic mass is 10.1. The first-order valence-electron chi connectivity index (χ1n) is 5.55.